The summed E-state index contributed by atoms with van der Waals surface area (Å²) in [7, 11) is -3.42. The van der Waals surface area contributed by atoms with Gasteiger partial charge in [-0.2, -0.15) is 0 Å². The molecule has 1 heterocycles. The van der Waals surface area contributed by atoms with E-state index in [0.717, 1.165) is 12.6 Å². The van der Waals surface area contributed by atoms with E-state index in [4.69, 9.17) is 5.11 Å². The predicted octanol–water partition coefficient (Wildman–Crippen LogP) is -0.834. The molecule has 0 fully saturated rings. The highest BCUT2D eigenvalue weighted by molar-refractivity contribution is 7.88. The molecule has 0 spiro atoms. The van der Waals surface area contributed by atoms with Crippen molar-refractivity contribution in [1.29, 1.82) is 0 Å². The third-order valence-corrected chi connectivity index (χ3v) is 3.14. The fraction of sp³-hybridized carbons (Fsp3) is 0.500. The van der Waals surface area contributed by atoms with Crippen LogP contribution in [0.4, 0.5) is 0 Å². The number of carboxylic acids is 1. The fourth-order valence-electron chi connectivity index (χ4n) is 1.55. The van der Waals surface area contributed by atoms with Gasteiger partial charge in [0.1, 0.15) is 0 Å². The first-order valence-corrected chi connectivity index (χ1v) is 7.45. The van der Waals surface area contributed by atoms with Gasteiger partial charge in [-0.05, 0) is 13.8 Å². The number of carboxylic acid groups (broad SMARTS) is 1. The van der Waals surface area contributed by atoms with E-state index in [9.17, 15) is 18.0 Å². The number of nitrogens with one attached hydrogen (secondary N) is 3. The first-order valence-electron chi connectivity index (χ1n) is 5.56. The molecule has 1 amide bonds. The monoisotopic (exact) mass is 304 g/mol. The van der Waals surface area contributed by atoms with Gasteiger partial charge in [-0.1, -0.05) is 0 Å². The molecule has 20 heavy (non-hydrogen) atoms. The number of aromatic amines is 1. The molecule has 1 aromatic rings. The Kier molecular flexibility index (Phi) is 4.50. The number of hydrogen-bond acceptors (Lipinski definition) is 5. The molecule has 0 aliphatic rings. The fourth-order valence-corrected chi connectivity index (χ4v) is 2.63. The quantitative estimate of drug-likeness (QED) is 0.540. The molecule has 10 heteroatoms. The Morgan fingerprint density at radius 3 is 2.55 bits per heavy atom. The van der Waals surface area contributed by atoms with E-state index in [1.807, 2.05) is 0 Å². The van der Waals surface area contributed by atoms with E-state index in [2.05, 4.69) is 20.0 Å². The Balaban J connectivity index is 2.73. The summed E-state index contributed by atoms with van der Waals surface area (Å²) in [5.41, 5.74) is -1.49. The van der Waals surface area contributed by atoms with Crippen molar-refractivity contribution in [2.24, 2.45) is 0 Å². The number of aromatic carboxylic acids is 1. The van der Waals surface area contributed by atoms with Crippen LogP contribution in [0.2, 0.25) is 0 Å². The van der Waals surface area contributed by atoms with Gasteiger partial charge >= 0.3 is 5.97 Å². The minimum atomic E-state index is -3.42. The maximum absolute atomic E-state index is 11.8. The third-order valence-electron chi connectivity index (χ3n) is 2.22. The van der Waals surface area contributed by atoms with Crippen molar-refractivity contribution in [3.8, 4) is 0 Å². The van der Waals surface area contributed by atoms with Crippen molar-refractivity contribution in [3.63, 3.8) is 0 Å². The second kappa shape index (κ2) is 5.59. The van der Waals surface area contributed by atoms with Crippen LogP contribution in [0.3, 0.4) is 0 Å². The highest BCUT2D eigenvalue weighted by atomic mass is 32.2. The van der Waals surface area contributed by atoms with Gasteiger partial charge in [0, 0.05) is 12.1 Å². The first kappa shape index (κ1) is 16.1. The molecule has 4 N–H and O–H groups in total. The standard InChI is InChI=1S/C10H16N4O5S/c1-10(2,14-20(3,18)19)4-11-8(15)6-7(9(16)17)13-5-12-6/h5,14H,4H2,1-3H3,(H,11,15)(H,12,13)(H,16,17). The number of carbonyl (C=O) groups is 2. The highest BCUT2D eigenvalue weighted by Crippen LogP contribution is 2.05. The Morgan fingerprint density at radius 2 is 2.05 bits per heavy atom. The number of rotatable bonds is 6. The molecular formula is C10H16N4O5S. The van der Waals surface area contributed by atoms with Crippen molar-refractivity contribution < 1.29 is 23.1 Å². The molecule has 0 radical (unpaired) electrons. The summed E-state index contributed by atoms with van der Waals surface area (Å²) in [6.45, 7) is 3.14. The lowest BCUT2D eigenvalue weighted by molar-refractivity contribution is 0.0685. The van der Waals surface area contributed by atoms with Crippen LogP contribution in [0.1, 0.15) is 34.8 Å². The topological polar surface area (TPSA) is 141 Å². The van der Waals surface area contributed by atoms with E-state index < -0.39 is 27.4 Å². The van der Waals surface area contributed by atoms with Gasteiger partial charge in [-0.25, -0.2) is 22.9 Å². The molecule has 0 aliphatic heterocycles. The number of sulfonamides is 1. The highest BCUT2D eigenvalue weighted by Gasteiger charge is 2.25. The lowest BCUT2D eigenvalue weighted by Gasteiger charge is -2.25. The number of H-pyrrole nitrogens is 1. The molecule has 1 aromatic heterocycles. The molecule has 1 rings (SSSR count). The zero-order chi connectivity index (χ0) is 15.6. The number of aromatic nitrogens is 2. The molecular weight excluding hydrogens is 288 g/mol. The van der Waals surface area contributed by atoms with Crippen LogP contribution in [-0.4, -0.2) is 53.7 Å². The second-order valence-electron chi connectivity index (χ2n) is 4.87. The number of imidazole rings is 1. The smallest absolute Gasteiger partial charge is 0.354 e. The Hall–Kier alpha value is -1.94. The molecule has 0 saturated heterocycles. The van der Waals surface area contributed by atoms with Gasteiger partial charge in [0.25, 0.3) is 5.91 Å². The van der Waals surface area contributed by atoms with Crippen LogP contribution in [0, 0.1) is 0 Å². The van der Waals surface area contributed by atoms with Crippen LogP contribution < -0.4 is 10.0 Å². The van der Waals surface area contributed by atoms with Gasteiger partial charge in [0.15, 0.2) is 11.4 Å². The minimum Gasteiger partial charge on any atom is -0.477 e. The summed E-state index contributed by atoms with van der Waals surface area (Å²) >= 11 is 0. The van der Waals surface area contributed by atoms with E-state index in [1.165, 1.54) is 0 Å². The lowest BCUT2D eigenvalue weighted by atomic mass is 10.1. The second-order valence-corrected chi connectivity index (χ2v) is 6.62. The van der Waals surface area contributed by atoms with Crippen molar-refractivity contribution in [3.05, 3.63) is 17.7 Å². The van der Waals surface area contributed by atoms with Gasteiger partial charge in [0.2, 0.25) is 10.0 Å². The summed E-state index contributed by atoms with van der Waals surface area (Å²) in [5.74, 6) is -2.01. The lowest BCUT2D eigenvalue weighted by Crippen LogP contribution is -2.51. The Bertz CT molecular complexity index is 619. The number of amides is 1. The molecule has 0 aromatic carbocycles. The molecule has 9 nitrogen and oxygen atoms in total. The average molecular weight is 304 g/mol. The number of hydrogen-bond donors (Lipinski definition) is 4. The average Bonchev–Trinajstić information content (AvgIpc) is 2.71. The maximum atomic E-state index is 11.8. The van der Waals surface area contributed by atoms with Crippen LogP contribution in [0.25, 0.3) is 0 Å². The largest absolute Gasteiger partial charge is 0.477 e. The summed E-state index contributed by atoms with van der Waals surface area (Å²) in [6.07, 6.45) is 2.10. The SMILES string of the molecule is CC(C)(CNC(=O)c1nc[nH]c1C(=O)O)NS(C)(=O)=O. The normalized spacial score (nSPS) is 12.2. The summed E-state index contributed by atoms with van der Waals surface area (Å²) in [6, 6.07) is 0. The molecule has 0 aliphatic carbocycles. The summed E-state index contributed by atoms with van der Waals surface area (Å²) < 4.78 is 24.6. The Morgan fingerprint density at radius 1 is 1.45 bits per heavy atom. The molecule has 0 bridgehead atoms. The van der Waals surface area contributed by atoms with Gasteiger partial charge < -0.3 is 15.4 Å². The number of carbonyl (C=O) groups excluding carboxylic acids is 1. The van der Waals surface area contributed by atoms with Crippen molar-refractivity contribution in [2.45, 2.75) is 19.4 Å². The van der Waals surface area contributed by atoms with Crippen LogP contribution in [0.5, 0.6) is 0 Å². The maximum Gasteiger partial charge on any atom is 0.354 e. The zero-order valence-electron chi connectivity index (χ0n) is 11.2. The van der Waals surface area contributed by atoms with E-state index >= 15 is 0 Å². The van der Waals surface area contributed by atoms with E-state index in [0.29, 0.717) is 0 Å². The number of nitrogens with zero attached hydrogens (tertiary/aromatic N) is 1. The first-order chi connectivity index (χ1) is 9.02. The van der Waals surface area contributed by atoms with Crippen molar-refractivity contribution >= 4 is 21.9 Å². The van der Waals surface area contributed by atoms with E-state index in [1.54, 1.807) is 13.8 Å². The minimum absolute atomic E-state index is 0.0230. The predicted molar refractivity (Wildman–Crippen MR) is 69.9 cm³/mol. The van der Waals surface area contributed by atoms with E-state index in [-0.39, 0.29) is 17.9 Å². The van der Waals surface area contributed by atoms with Crippen LogP contribution in [-0.2, 0) is 10.0 Å². The van der Waals surface area contributed by atoms with Gasteiger partial charge in [-0.15, -0.1) is 0 Å². The molecule has 0 atom stereocenters. The zero-order valence-corrected chi connectivity index (χ0v) is 12.0. The third kappa shape index (κ3) is 4.63. The van der Waals surface area contributed by atoms with Crippen LogP contribution in [0.15, 0.2) is 6.33 Å². The molecule has 112 valence electrons. The van der Waals surface area contributed by atoms with Crippen molar-refractivity contribution in [1.82, 2.24) is 20.0 Å². The van der Waals surface area contributed by atoms with Crippen molar-refractivity contribution in [2.75, 3.05) is 12.8 Å². The molecule has 0 saturated carbocycles. The van der Waals surface area contributed by atoms with Gasteiger partial charge in [0.05, 0.1) is 12.6 Å². The Labute approximate surface area is 115 Å². The molecule has 0 unspecified atom stereocenters. The summed E-state index contributed by atoms with van der Waals surface area (Å²) in [5, 5.41) is 11.3. The van der Waals surface area contributed by atoms with Crippen LogP contribution >= 0.6 is 0 Å². The van der Waals surface area contributed by atoms with Gasteiger partial charge in [-0.3, -0.25) is 4.79 Å². The summed E-state index contributed by atoms with van der Waals surface area (Å²) in [4.78, 5) is 28.6.